The van der Waals surface area contributed by atoms with Gasteiger partial charge in [0.2, 0.25) is 10.0 Å². The molecule has 1 aromatic carbocycles. The van der Waals surface area contributed by atoms with Crippen molar-refractivity contribution in [3.8, 4) is 0 Å². The van der Waals surface area contributed by atoms with E-state index in [1.807, 2.05) is 0 Å². The minimum absolute atomic E-state index is 0.123. The Morgan fingerprint density at radius 1 is 1.30 bits per heavy atom. The fourth-order valence-electron chi connectivity index (χ4n) is 1.64. The molecule has 8 heteroatoms. The van der Waals surface area contributed by atoms with Crippen LogP contribution < -0.4 is 10.5 Å². The van der Waals surface area contributed by atoms with Crippen LogP contribution in [0.5, 0.6) is 0 Å². The SMILES string of the molecule is Cn1cc(S(N)(=O)=O)cc1C(=O)Nc1ccc(F)cc1. The Hall–Kier alpha value is -2.19. The number of amides is 1. The normalized spacial score (nSPS) is 11.3. The molecule has 0 saturated carbocycles. The standard InChI is InChI=1S/C12H12FN3O3S/c1-16-7-10(20(14,18)19)6-11(16)12(17)15-9-4-2-8(13)3-5-9/h2-7H,1H3,(H,15,17)(H2,14,18,19). The van der Waals surface area contributed by atoms with Crippen LogP contribution >= 0.6 is 0 Å². The van der Waals surface area contributed by atoms with Gasteiger partial charge in [-0.05, 0) is 30.3 Å². The number of aromatic nitrogens is 1. The molecule has 2 aromatic rings. The second-order valence-electron chi connectivity index (χ2n) is 4.18. The molecule has 1 heterocycles. The highest BCUT2D eigenvalue weighted by Crippen LogP contribution is 2.14. The second-order valence-corrected chi connectivity index (χ2v) is 5.74. The van der Waals surface area contributed by atoms with Crippen LogP contribution in [0.3, 0.4) is 0 Å². The minimum atomic E-state index is -3.87. The van der Waals surface area contributed by atoms with Crippen molar-refractivity contribution in [2.75, 3.05) is 5.32 Å². The summed E-state index contributed by atoms with van der Waals surface area (Å²) >= 11 is 0. The van der Waals surface area contributed by atoms with Crippen LogP contribution in [-0.2, 0) is 17.1 Å². The van der Waals surface area contributed by atoms with E-state index in [-0.39, 0.29) is 10.6 Å². The van der Waals surface area contributed by atoms with Crippen molar-refractivity contribution in [1.29, 1.82) is 0 Å². The average Bonchev–Trinajstić information content (AvgIpc) is 2.74. The van der Waals surface area contributed by atoms with Crippen LogP contribution in [0.4, 0.5) is 10.1 Å². The van der Waals surface area contributed by atoms with Gasteiger partial charge in [0.1, 0.15) is 16.4 Å². The highest BCUT2D eigenvalue weighted by molar-refractivity contribution is 7.89. The molecule has 0 aliphatic carbocycles. The van der Waals surface area contributed by atoms with Gasteiger partial charge in [0, 0.05) is 18.9 Å². The third kappa shape index (κ3) is 3.03. The molecule has 2 rings (SSSR count). The summed E-state index contributed by atoms with van der Waals surface area (Å²) < 4.78 is 36.5. The number of hydrogen-bond donors (Lipinski definition) is 2. The molecule has 0 aliphatic rings. The maximum absolute atomic E-state index is 12.7. The van der Waals surface area contributed by atoms with Gasteiger partial charge in [0.15, 0.2) is 0 Å². The van der Waals surface area contributed by atoms with E-state index in [0.29, 0.717) is 5.69 Å². The lowest BCUT2D eigenvalue weighted by molar-refractivity contribution is 0.101. The molecule has 20 heavy (non-hydrogen) atoms. The molecule has 0 bridgehead atoms. The van der Waals surface area contributed by atoms with Gasteiger partial charge >= 0.3 is 0 Å². The molecule has 0 saturated heterocycles. The fraction of sp³-hybridized carbons (Fsp3) is 0.0833. The lowest BCUT2D eigenvalue weighted by Crippen LogP contribution is -2.15. The lowest BCUT2D eigenvalue weighted by Gasteiger charge is -2.05. The van der Waals surface area contributed by atoms with Crippen molar-refractivity contribution in [1.82, 2.24) is 4.57 Å². The van der Waals surface area contributed by atoms with Gasteiger partial charge in [-0.15, -0.1) is 0 Å². The van der Waals surface area contributed by atoms with E-state index in [2.05, 4.69) is 5.32 Å². The summed E-state index contributed by atoms with van der Waals surface area (Å²) in [6, 6.07) is 6.38. The van der Waals surface area contributed by atoms with Gasteiger partial charge in [-0.25, -0.2) is 17.9 Å². The largest absolute Gasteiger partial charge is 0.345 e. The molecular formula is C12H12FN3O3S. The highest BCUT2D eigenvalue weighted by atomic mass is 32.2. The van der Waals surface area contributed by atoms with Gasteiger partial charge in [-0.1, -0.05) is 0 Å². The van der Waals surface area contributed by atoms with Crippen molar-refractivity contribution in [2.45, 2.75) is 4.90 Å². The van der Waals surface area contributed by atoms with Gasteiger partial charge in [0.05, 0.1) is 0 Å². The zero-order chi connectivity index (χ0) is 14.9. The van der Waals surface area contributed by atoms with Crippen LogP contribution in [0, 0.1) is 5.82 Å². The molecule has 1 amide bonds. The van der Waals surface area contributed by atoms with E-state index in [1.165, 1.54) is 48.1 Å². The van der Waals surface area contributed by atoms with Crippen molar-refractivity contribution >= 4 is 21.6 Å². The Morgan fingerprint density at radius 3 is 2.40 bits per heavy atom. The summed E-state index contributed by atoms with van der Waals surface area (Å²) in [7, 11) is -2.34. The number of nitrogens with one attached hydrogen (secondary N) is 1. The number of carbonyl (C=O) groups excluding carboxylic acids is 1. The lowest BCUT2D eigenvalue weighted by atomic mass is 10.3. The number of nitrogens with two attached hydrogens (primary N) is 1. The quantitative estimate of drug-likeness (QED) is 0.887. The number of primary sulfonamides is 1. The molecule has 0 spiro atoms. The predicted octanol–water partition coefficient (Wildman–Crippen LogP) is 1.06. The van der Waals surface area contributed by atoms with E-state index in [1.54, 1.807) is 0 Å². The number of carbonyl (C=O) groups is 1. The Kier molecular flexibility index (Phi) is 3.60. The molecule has 6 nitrogen and oxygen atoms in total. The van der Waals surface area contributed by atoms with Crippen molar-refractivity contribution in [3.05, 3.63) is 48.0 Å². The number of rotatable bonds is 3. The summed E-state index contributed by atoms with van der Waals surface area (Å²) in [6.45, 7) is 0. The van der Waals surface area contributed by atoms with Crippen LogP contribution in [-0.4, -0.2) is 18.9 Å². The number of nitrogens with zero attached hydrogens (tertiary/aromatic N) is 1. The first-order valence-electron chi connectivity index (χ1n) is 5.53. The minimum Gasteiger partial charge on any atom is -0.345 e. The number of halogens is 1. The number of aryl methyl sites for hydroxylation is 1. The molecule has 0 radical (unpaired) electrons. The molecule has 0 unspecified atom stereocenters. The highest BCUT2D eigenvalue weighted by Gasteiger charge is 2.17. The second kappa shape index (κ2) is 5.06. The summed E-state index contributed by atoms with van der Waals surface area (Å²) in [4.78, 5) is 11.8. The van der Waals surface area contributed by atoms with Crippen LogP contribution in [0.25, 0.3) is 0 Å². The number of hydrogen-bond acceptors (Lipinski definition) is 3. The molecule has 1 aromatic heterocycles. The Balaban J connectivity index is 2.26. The van der Waals surface area contributed by atoms with Crippen LogP contribution in [0.1, 0.15) is 10.5 Å². The number of benzene rings is 1. The Labute approximate surface area is 115 Å². The van der Waals surface area contributed by atoms with Gasteiger partial charge in [-0.2, -0.15) is 0 Å². The van der Waals surface area contributed by atoms with Gasteiger partial charge in [0.25, 0.3) is 5.91 Å². The summed E-state index contributed by atoms with van der Waals surface area (Å²) in [5, 5.41) is 7.52. The summed E-state index contributed by atoms with van der Waals surface area (Å²) in [6.07, 6.45) is 1.24. The molecule has 0 fully saturated rings. The smallest absolute Gasteiger partial charge is 0.272 e. The molecule has 106 valence electrons. The van der Waals surface area contributed by atoms with Crippen molar-refractivity contribution in [3.63, 3.8) is 0 Å². The van der Waals surface area contributed by atoms with Gasteiger partial charge < -0.3 is 9.88 Å². The maximum Gasteiger partial charge on any atom is 0.272 e. The Bertz CT molecular complexity index is 751. The fourth-order valence-corrected chi connectivity index (χ4v) is 2.22. The van der Waals surface area contributed by atoms with Gasteiger partial charge in [-0.3, -0.25) is 4.79 Å². The van der Waals surface area contributed by atoms with Crippen LogP contribution in [0.2, 0.25) is 0 Å². The van der Waals surface area contributed by atoms with Crippen molar-refractivity contribution < 1.29 is 17.6 Å². The van der Waals surface area contributed by atoms with E-state index < -0.39 is 21.7 Å². The zero-order valence-electron chi connectivity index (χ0n) is 10.5. The molecule has 0 atom stereocenters. The van der Waals surface area contributed by atoms with E-state index in [9.17, 15) is 17.6 Å². The third-order valence-corrected chi connectivity index (χ3v) is 3.52. The average molecular weight is 297 g/mol. The first kappa shape index (κ1) is 14.2. The number of sulfonamides is 1. The van der Waals surface area contributed by atoms with E-state index >= 15 is 0 Å². The first-order chi connectivity index (χ1) is 9.27. The summed E-state index contributed by atoms with van der Waals surface area (Å²) in [5.41, 5.74) is 0.521. The monoisotopic (exact) mass is 297 g/mol. The third-order valence-electron chi connectivity index (χ3n) is 2.64. The molecule has 3 N–H and O–H groups in total. The van der Waals surface area contributed by atoms with E-state index in [0.717, 1.165) is 0 Å². The zero-order valence-corrected chi connectivity index (χ0v) is 11.3. The molecular weight excluding hydrogens is 285 g/mol. The Morgan fingerprint density at radius 2 is 1.90 bits per heavy atom. The summed E-state index contributed by atoms with van der Waals surface area (Å²) in [5.74, 6) is -0.938. The molecule has 0 aliphatic heterocycles. The first-order valence-corrected chi connectivity index (χ1v) is 7.08. The van der Waals surface area contributed by atoms with Crippen molar-refractivity contribution in [2.24, 2.45) is 12.2 Å². The van der Waals surface area contributed by atoms with Crippen LogP contribution in [0.15, 0.2) is 41.4 Å². The van der Waals surface area contributed by atoms with E-state index in [4.69, 9.17) is 5.14 Å². The topological polar surface area (TPSA) is 94.2 Å². The number of anilines is 1. The predicted molar refractivity (Wildman–Crippen MR) is 71.1 cm³/mol. The maximum atomic E-state index is 12.7.